The first kappa shape index (κ1) is 16.5. The van der Waals surface area contributed by atoms with E-state index in [0.717, 1.165) is 29.8 Å². The molecule has 0 bridgehead atoms. The van der Waals surface area contributed by atoms with Gasteiger partial charge < -0.3 is 19.5 Å². The van der Waals surface area contributed by atoms with Gasteiger partial charge in [0.15, 0.2) is 0 Å². The van der Waals surface area contributed by atoms with Gasteiger partial charge in [-0.1, -0.05) is 0 Å². The Morgan fingerprint density at radius 2 is 2.08 bits per heavy atom. The molecule has 130 valence electrons. The molecule has 2 aromatic heterocycles. The average Bonchev–Trinajstić information content (AvgIpc) is 3.00. The Balaban J connectivity index is 1.60. The predicted octanol–water partition coefficient (Wildman–Crippen LogP) is 2.79. The largest absolute Gasteiger partial charge is 0.444 e. The third-order valence-electron chi connectivity index (χ3n) is 4.26. The molecule has 0 saturated carbocycles. The van der Waals surface area contributed by atoms with Crippen molar-refractivity contribution in [1.29, 1.82) is 0 Å². The van der Waals surface area contributed by atoms with Gasteiger partial charge >= 0.3 is 6.09 Å². The average molecular weight is 331 g/mol. The molecule has 7 heteroatoms. The van der Waals surface area contributed by atoms with Gasteiger partial charge in [-0.05, 0) is 39.7 Å². The molecule has 1 N–H and O–H groups in total. The summed E-state index contributed by atoms with van der Waals surface area (Å²) in [6.45, 7) is 7.05. The Labute approximate surface area is 142 Å². The molecular formula is C17H25N5O2. The number of H-pyrrole nitrogens is 1. The van der Waals surface area contributed by atoms with Gasteiger partial charge in [0.25, 0.3) is 0 Å². The van der Waals surface area contributed by atoms with Gasteiger partial charge in [0.05, 0.1) is 17.2 Å². The Morgan fingerprint density at radius 1 is 1.38 bits per heavy atom. The van der Waals surface area contributed by atoms with Gasteiger partial charge in [0.2, 0.25) is 5.95 Å². The lowest BCUT2D eigenvalue weighted by Crippen LogP contribution is -2.47. The summed E-state index contributed by atoms with van der Waals surface area (Å²) in [5, 5.41) is 0. The number of anilines is 1. The number of nitrogens with zero attached hydrogens (tertiary/aromatic N) is 4. The molecule has 0 spiro atoms. The number of carbonyl (C=O) groups excluding carboxylic acids is 1. The van der Waals surface area contributed by atoms with Crippen LogP contribution in [0.5, 0.6) is 0 Å². The highest BCUT2D eigenvalue weighted by Crippen LogP contribution is 2.22. The highest BCUT2D eigenvalue weighted by atomic mass is 16.6. The summed E-state index contributed by atoms with van der Waals surface area (Å²) in [6.07, 6.45) is 5.20. The monoisotopic (exact) mass is 331 g/mol. The van der Waals surface area contributed by atoms with Crippen molar-refractivity contribution >= 4 is 23.1 Å². The smallest absolute Gasteiger partial charge is 0.410 e. The fourth-order valence-electron chi connectivity index (χ4n) is 2.93. The molecule has 7 nitrogen and oxygen atoms in total. The number of fused-ring (bicyclic) bond motifs is 1. The van der Waals surface area contributed by atoms with E-state index in [0.29, 0.717) is 19.1 Å². The maximum Gasteiger partial charge on any atom is 0.410 e. The molecular weight excluding hydrogens is 306 g/mol. The number of amides is 1. The zero-order valence-electron chi connectivity index (χ0n) is 14.7. The van der Waals surface area contributed by atoms with Gasteiger partial charge in [-0.3, -0.25) is 0 Å². The molecule has 1 aliphatic rings. The van der Waals surface area contributed by atoms with E-state index in [9.17, 15) is 4.79 Å². The zero-order chi connectivity index (χ0) is 17.3. The number of hydrogen-bond donors (Lipinski definition) is 1. The lowest BCUT2D eigenvalue weighted by Gasteiger charge is -2.37. The number of carbonyl (C=O) groups is 1. The summed E-state index contributed by atoms with van der Waals surface area (Å²) < 4.78 is 5.44. The topological polar surface area (TPSA) is 74.4 Å². The van der Waals surface area contributed by atoms with Crippen LogP contribution in [0.2, 0.25) is 0 Å². The predicted molar refractivity (Wildman–Crippen MR) is 93.1 cm³/mol. The van der Waals surface area contributed by atoms with E-state index in [1.807, 2.05) is 46.3 Å². The van der Waals surface area contributed by atoms with Crippen LogP contribution in [0.4, 0.5) is 10.7 Å². The summed E-state index contributed by atoms with van der Waals surface area (Å²) >= 11 is 0. The number of likely N-dealkylation sites (tertiary alicyclic amines) is 1. The second kappa shape index (κ2) is 6.30. The van der Waals surface area contributed by atoms with Crippen molar-refractivity contribution in [3.8, 4) is 0 Å². The van der Waals surface area contributed by atoms with E-state index in [2.05, 4.69) is 19.9 Å². The van der Waals surface area contributed by atoms with Crippen LogP contribution in [-0.4, -0.2) is 57.7 Å². The van der Waals surface area contributed by atoms with Crippen LogP contribution in [0.1, 0.15) is 33.6 Å². The number of piperidine rings is 1. The standard InChI is InChI=1S/C17H25N5O2/c1-17(2,3)24-16(23)22-9-6-12(7-10-22)21(4)15-19-11-14-13(20-15)5-8-18-14/h5,8,11-12,18H,6-7,9-10H2,1-4H3. The second-order valence-electron chi connectivity index (χ2n) is 7.26. The lowest BCUT2D eigenvalue weighted by atomic mass is 10.0. The van der Waals surface area contributed by atoms with E-state index in [4.69, 9.17) is 4.74 Å². The molecule has 0 aliphatic carbocycles. The fraction of sp³-hybridized carbons (Fsp3) is 0.588. The zero-order valence-corrected chi connectivity index (χ0v) is 14.7. The normalized spacial score (nSPS) is 16.4. The second-order valence-corrected chi connectivity index (χ2v) is 7.26. The van der Waals surface area contributed by atoms with Crippen LogP contribution in [0, 0.1) is 0 Å². The van der Waals surface area contributed by atoms with Crippen LogP contribution >= 0.6 is 0 Å². The molecule has 0 radical (unpaired) electrons. The van der Waals surface area contributed by atoms with Crippen LogP contribution in [0.25, 0.3) is 11.0 Å². The Morgan fingerprint density at radius 3 is 2.75 bits per heavy atom. The highest BCUT2D eigenvalue weighted by molar-refractivity contribution is 5.75. The number of aromatic amines is 1. The Hall–Kier alpha value is -2.31. The molecule has 0 atom stereocenters. The molecule has 1 amide bonds. The fourth-order valence-corrected chi connectivity index (χ4v) is 2.93. The summed E-state index contributed by atoms with van der Waals surface area (Å²) in [4.78, 5) is 28.2. The molecule has 1 aliphatic heterocycles. The summed E-state index contributed by atoms with van der Waals surface area (Å²) in [6, 6.07) is 2.26. The highest BCUT2D eigenvalue weighted by Gasteiger charge is 2.29. The van der Waals surface area contributed by atoms with Crippen molar-refractivity contribution < 1.29 is 9.53 Å². The maximum atomic E-state index is 12.1. The third-order valence-corrected chi connectivity index (χ3v) is 4.26. The molecule has 3 rings (SSSR count). The van der Waals surface area contributed by atoms with Gasteiger partial charge in [0.1, 0.15) is 5.60 Å². The van der Waals surface area contributed by atoms with Crippen LogP contribution < -0.4 is 4.90 Å². The SMILES string of the molecule is CN(c1ncc2[nH]ccc2n1)C1CCN(C(=O)OC(C)(C)C)CC1. The van der Waals surface area contributed by atoms with Crippen molar-refractivity contribution in [2.45, 2.75) is 45.3 Å². The molecule has 24 heavy (non-hydrogen) atoms. The Kier molecular flexibility index (Phi) is 4.34. The van der Waals surface area contributed by atoms with Gasteiger partial charge in [-0.15, -0.1) is 0 Å². The minimum absolute atomic E-state index is 0.228. The van der Waals surface area contributed by atoms with E-state index in [1.54, 1.807) is 4.90 Å². The van der Waals surface area contributed by atoms with Crippen molar-refractivity contribution in [1.82, 2.24) is 19.9 Å². The summed E-state index contributed by atoms with van der Waals surface area (Å²) in [5.41, 5.74) is 1.40. The lowest BCUT2D eigenvalue weighted by molar-refractivity contribution is 0.0205. The first-order valence-corrected chi connectivity index (χ1v) is 8.34. The van der Waals surface area contributed by atoms with Crippen molar-refractivity contribution in [3.05, 3.63) is 18.5 Å². The summed E-state index contributed by atoms with van der Waals surface area (Å²) in [5.74, 6) is 0.720. The number of aromatic nitrogens is 3. The minimum Gasteiger partial charge on any atom is -0.444 e. The van der Waals surface area contributed by atoms with Crippen molar-refractivity contribution in [3.63, 3.8) is 0 Å². The quantitative estimate of drug-likeness (QED) is 0.916. The van der Waals surface area contributed by atoms with Crippen molar-refractivity contribution in [2.75, 3.05) is 25.0 Å². The van der Waals surface area contributed by atoms with Crippen LogP contribution in [0.15, 0.2) is 18.5 Å². The molecule has 0 unspecified atom stereocenters. The Bertz CT molecular complexity index is 713. The van der Waals surface area contributed by atoms with Crippen LogP contribution in [0.3, 0.4) is 0 Å². The number of rotatable bonds is 2. The molecule has 1 fully saturated rings. The van der Waals surface area contributed by atoms with E-state index >= 15 is 0 Å². The third kappa shape index (κ3) is 3.60. The van der Waals surface area contributed by atoms with Gasteiger partial charge in [-0.2, -0.15) is 0 Å². The van der Waals surface area contributed by atoms with Crippen LogP contribution in [-0.2, 0) is 4.74 Å². The number of nitrogens with one attached hydrogen (secondary N) is 1. The first-order valence-electron chi connectivity index (χ1n) is 8.34. The van der Waals surface area contributed by atoms with E-state index < -0.39 is 5.60 Å². The minimum atomic E-state index is -0.454. The first-order chi connectivity index (χ1) is 11.3. The van der Waals surface area contributed by atoms with E-state index in [-0.39, 0.29) is 6.09 Å². The summed E-state index contributed by atoms with van der Waals surface area (Å²) in [7, 11) is 2.02. The molecule has 2 aromatic rings. The molecule has 0 aromatic carbocycles. The molecule has 1 saturated heterocycles. The van der Waals surface area contributed by atoms with Gasteiger partial charge in [-0.25, -0.2) is 14.8 Å². The number of hydrogen-bond acceptors (Lipinski definition) is 5. The maximum absolute atomic E-state index is 12.1. The number of ether oxygens (including phenoxy) is 1. The van der Waals surface area contributed by atoms with E-state index in [1.165, 1.54) is 0 Å². The molecule has 3 heterocycles. The van der Waals surface area contributed by atoms with Gasteiger partial charge in [0, 0.05) is 32.4 Å². The van der Waals surface area contributed by atoms with Crippen molar-refractivity contribution in [2.24, 2.45) is 0 Å².